The number of nitrogens with one attached hydrogen (secondary N) is 1. The van der Waals surface area contributed by atoms with Crippen LogP contribution < -0.4 is 5.32 Å². The van der Waals surface area contributed by atoms with E-state index >= 15 is 0 Å². The van der Waals surface area contributed by atoms with Gasteiger partial charge in [0.15, 0.2) is 0 Å². The van der Waals surface area contributed by atoms with E-state index in [0.717, 1.165) is 43.7 Å². The summed E-state index contributed by atoms with van der Waals surface area (Å²) in [6.07, 6.45) is 3.69. The summed E-state index contributed by atoms with van der Waals surface area (Å²) >= 11 is 0. The lowest BCUT2D eigenvalue weighted by atomic mass is 10.2. The molecule has 0 spiro atoms. The average Bonchev–Trinajstić information content (AvgIpc) is 3.12. The Kier molecular flexibility index (Phi) is 5.67. The number of rotatable bonds is 6. The summed E-state index contributed by atoms with van der Waals surface area (Å²) in [6, 6.07) is 4.19. The van der Waals surface area contributed by atoms with Crippen molar-refractivity contribution in [3.63, 3.8) is 0 Å². The predicted molar refractivity (Wildman–Crippen MR) is 81.3 cm³/mol. The Labute approximate surface area is 126 Å². The quantitative estimate of drug-likeness (QED) is 0.877. The van der Waals surface area contributed by atoms with Crippen molar-refractivity contribution in [1.82, 2.24) is 10.2 Å². The number of hydrogen-bond donors (Lipinski definition) is 1. The Bertz CT molecular complexity index is 458. The number of furan rings is 1. The van der Waals surface area contributed by atoms with Gasteiger partial charge >= 0.3 is 6.03 Å². The van der Waals surface area contributed by atoms with E-state index in [1.165, 1.54) is 0 Å². The van der Waals surface area contributed by atoms with Crippen LogP contribution in [0.4, 0.5) is 4.79 Å². The van der Waals surface area contributed by atoms with Gasteiger partial charge < -0.3 is 19.4 Å². The van der Waals surface area contributed by atoms with E-state index in [2.05, 4.69) is 12.2 Å². The topological polar surface area (TPSA) is 54.7 Å². The van der Waals surface area contributed by atoms with Crippen molar-refractivity contribution < 1.29 is 13.9 Å². The van der Waals surface area contributed by atoms with Crippen LogP contribution in [0.25, 0.3) is 0 Å². The molecule has 1 fully saturated rings. The number of carbonyl (C=O) groups excluding carboxylic acids is 1. The highest BCUT2D eigenvalue weighted by molar-refractivity contribution is 5.75. The zero-order chi connectivity index (χ0) is 15.2. The first kappa shape index (κ1) is 15.9. The van der Waals surface area contributed by atoms with Crippen LogP contribution in [0.1, 0.15) is 50.7 Å². The summed E-state index contributed by atoms with van der Waals surface area (Å²) in [7, 11) is 1.67. The van der Waals surface area contributed by atoms with Crippen LogP contribution in [-0.2, 0) is 11.2 Å². The van der Waals surface area contributed by atoms with Crippen molar-refractivity contribution in [3.05, 3.63) is 23.7 Å². The van der Waals surface area contributed by atoms with Gasteiger partial charge in [0, 0.05) is 32.7 Å². The van der Waals surface area contributed by atoms with Crippen molar-refractivity contribution in [2.75, 3.05) is 20.3 Å². The second kappa shape index (κ2) is 7.50. The van der Waals surface area contributed by atoms with E-state index in [1.807, 2.05) is 24.0 Å². The van der Waals surface area contributed by atoms with Crippen LogP contribution in [0.3, 0.4) is 0 Å². The average molecular weight is 294 g/mol. The minimum absolute atomic E-state index is 0.00412. The molecule has 5 heteroatoms. The molecular weight excluding hydrogens is 268 g/mol. The molecule has 2 atom stereocenters. The van der Waals surface area contributed by atoms with Crippen LogP contribution in [0.5, 0.6) is 0 Å². The van der Waals surface area contributed by atoms with E-state index < -0.39 is 0 Å². The molecule has 1 N–H and O–H groups in total. The van der Waals surface area contributed by atoms with Gasteiger partial charge in [-0.15, -0.1) is 0 Å². The molecular formula is C16H26N2O3. The Morgan fingerprint density at radius 3 is 3.05 bits per heavy atom. The highest BCUT2D eigenvalue weighted by Gasteiger charge is 2.32. The number of carbonyl (C=O) groups is 1. The second-order valence-electron chi connectivity index (χ2n) is 5.64. The monoisotopic (exact) mass is 294 g/mol. The summed E-state index contributed by atoms with van der Waals surface area (Å²) in [6.45, 7) is 5.52. The molecule has 118 valence electrons. The maximum absolute atomic E-state index is 12.4. The highest BCUT2D eigenvalue weighted by atomic mass is 16.5. The van der Waals surface area contributed by atoms with Crippen LogP contribution in [0, 0.1) is 0 Å². The van der Waals surface area contributed by atoms with Crippen molar-refractivity contribution in [2.24, 2.45) is 0 Å². The first-order valence-electron chi connectivity index (χ1n) is 7.80. The van der Waals surface area contributed by atoms with Crippen LogP contribution in [0.2, 0.25) is 0 Å². The van der Waals surface area contributed by atoms with E-state index in [0.29, 0.717) is 6.61 Å². The lowest BCUT2D eigenvalue weighted by molar-refractivity contribution is 0.169. The maximum Gasteiger partial charge on any atom is 0.318 e. The molecule has 0 radical (unpaired) electrons. The van der Waals surface area contributed by atoms with Gasteiger partial charge in [0.25, 0.3) is 0 Å². The number of ether oxygens (including phenoxy) is 1. The SMILES string of the molecule is CCc1ccc([C@@H]2CCCN2C(=O)N[C@H](C)CCOC)o1. The van der Waals surface area contributed by atoms with Gasteiger partial charge in [-0.05, 0) is 38.3 Å². The lowest BCUT2D eigenvalue weighted by Crippen LogP contribution is -2.43. The second-order valence-corrected chi connectivity index (χ2v) is 5.64. The summed E-state index contributed by atoms with van der Waals surface area (Å²) in [5.74, 6) is 1.88. The first-order valence-corrected chi connectivity index (χ1v) is 7.80. The van der Waals surface area contributed by atoms with Crippen molar-refractivity contribution >= 4 is 6.03 Å². The Morgan fingerprint density at radius 2 is 2.38 bits per heavy atom. The zero-order valence-corrected chi connectivity index (χ0v) is 13.2. The van der Waals surface area contributed by atoms with Gasteiger partial charge in [0.05, 0.1) is 6.04 Å². The summed E-state index contributed by atoms with van der Waals surface area (Å²) < 4.78 is 10.9. The molecule has 0 saturated carbocycles. The van der Waals surface area contributed by atoms with Gasteiger partial charge in [0.2, 0.25) is 0 Å². The molecule has 2 heterocycles. The smallest absolute Gasteiger partial charge is 0.318 e. The standard InChI is InChI=1S/C16H26N2O3/c1-4-13-7-8-15(21-13)14-6-5-10-18(14)16(19)17-12(2)9-11-20-3/h7-8,12,14H,4-6,9-11H2,1-3H3,(H,17,19)/t12-,14+/m1/s1. The Morgan fingerprint density at radius 1 is 1.57 bits per heavy atom. The summed E-state index contributed by atoms with van der Waals surface area (Å²) in [4.78, 5) is 14.3. The van der Waals surface area contributed by atoms with Gasteiger partial charge in [-0.2, -0.15) is 0 Å². The summed E-state index contributed by atoms with van der Waals surface area (Å²) in [5, 5.41) is 3.04. The molecule has 5 nitrogen and oxygen atoms in total. The Balaban J connectivity index is 1.96. The normalized spacial score (nSPS) is 19.8. The van der Waals surface area contributed by atoms with Crippen molar-refractivity contribution in [3.8, 4) is 0 Å². The van der Waals surface area contributed by atoms with Crippen LogP contribution in [-0.4, -0.2) is 37.2 Å². The molecule has 0 aliphatic carbocycles. The third-order valence-electron chi connectivity index (χ3n) is 4.00. The third-order valence-corrected chi connectivity index (χ3v) is 4.00. The number of amides is 2. The van der Waals surface area contributed by atoms with E-state index in [9.17, 15) is 4.79 Å². The number of likely N-dealkylation sites (tertiary alicyclic amines) is 1. The fourth-order valence-electron chi connectivity index (χ4n) is 2.73. The lowest BCUT2D eigenvalue weighted by Gasteiger charge is -2.25. The van der Waals surface area contributed by atoms with Gasteiger partial charge in [-0.1, -0.05) is 6.92 Å². The molecule has 2 amide bonds. The minimum Gasteiger partial charge on any atom is -0.464 e. The largest absolute Gasteiger partial charge is 0.464 e. The molecule has 0 unspecified atom stereocenters. The van der Waals surface area contributed by atoms with Crippen molar-refractivity contribution in [1.29, 1.82) is 0 Å². The molecule has 0 aromatic carbocycles. The van der Waals surface area contributed by atoms with E-state index in [4.69, 9.17) is 9.15 Å². The molecule has 2 rings (SSSR count). The fourth-order valence-corrected chi connectivity index (χ4v) is 2.73. The molecule has 1 aromatic rings. The number of hydrogen-bond acceptors (Lipinski definition) is 3. The molecule has 1 aliphatic rings. The molecule has 1 aromatic heterocycles. The van der Waals surface area contributed by atoms with Crippen LogP contribution >= 0.6 is 0 Å². The number of urea groups is 1. The number of aryl methyl sites for hydroxylation is 1. The van der Waals surface area contributed by atoms with Crippen LogP contribution in [0.15, 0.2) is 16.5 Å². The van der Waals surface area contributed by atoms with Gasteiger partial charge in [-0.25, -0.2) is 4.79 Å². The predicted octanol–water partition coefficient (Wildman–Crippen LogP) is 3.11. The zero-order valence-electron chi connectivity index (χ0n) is 13.2. The van der Waals surface area contributed by atoms with Gasteiger partial charge in [-0.3, -0.25) is 0 Å². The molecule has 1 aliphatic heterocycles. The Hall–Kier alpha value is -1.49. The number of nitrogens with zero attached hydrogens (tertiary/aromatic N) is 1. The fraction of sp³-hybridized carbons (Fsp3) is 0.688. The maximum atomic E-state index is 12.4. The number of methoxy groups -OCH3 is 1. The van der Waals surface area contributed by atoms with E-state index in [-0.39, 0.29) is 18.1 Å². The van der Waals surface area contributed by atoms with E-state index in [1.54, 1.807) is 7.11 Å². The summed E-state index contributed by atoms with van der Waals surface area (Å²) in [5.41, 5.74) is 0. The molecule has 21 heavy (non-hydrogen) atoms. The van der Waals surface area contributed by atoms with Gasteiger partial charge in [0.1, 0.15) is 11.5 Å². The third kappa shape index (κ3) is 4.00. The molecule has 0 bridgehead atoms. The van der Waals surface area contributed by atoms with Crippen molar-refractivity contribution in [2.45, 2.75) is 51.6 Å². The first-order chi connectivity index (χ1) is 10.2. The highest BCUT2D eigenvalue weighted by Crippen LogP contribution is 2.33. The minimum atomic E-state index is -0.00412. The molecule has 1 saturated heterocycles.